The lowest BCUT2D eigenvalue weighted by Gasteiger charge is -2.31. The van der Waals surface area contributed by atoms with E-state index in [1.165, 1.54) is 30.3 Å². The standard InChI is InChI=1S/C18H19N7O4/c1-11(2)10-24-14-15(22(3)18(27)23(4)16(14)26)20-17(24)21-19-9-12-5-7-13(8-6-12)25(28)29/h5-9,14H,1,10H2,2-4H3/p+1/b19-9+. The number of guanidine groups is 1. The van der Waals surface area contributed by atoms with Gasteiger partial charge in [-0.05, 0) is 30.2 Å². The molecule has 29 heavy (non-hydrogen) atoms. The molecule has 0 bridgehead atoms. The van der Waals surface area contributed by atoms with E-state index >= 15 is 0 Å². The number of likely N-dealkylation sites (N-methyl/N-ethyl adjacent to an activating group) is 2. The van der Waals surface area contributed by atoms with Crippen molar-refractivity contribution in [2.45, 2.75) is 13.0 Å². The minimum atomic E-state index is -0.753. The SMILES string of the molecule is C=C(C)C[N+]1=C(N/N=C/c2ccc([N+](=O)[O-])cc2)N=C2C1C(=O)N(C)C(=O)N2C. The van der Waals surface area contributed by atoms with Gasteiger partial charge in [-0.1, -0.05) is 11.6 Å². The Kier molecular flexibility index (Phi) is 5.22. The molecule has 1 aromatic carbocycles. The topological polar surface area (TPSA) is 124 Å². The van der Waals surface area contributed by atoms with E-state index in [0.29, 0.717) is 23.9 Å². The van der Waals surface area contributed by atoms with Crippen LogP contribution in [0.1, 0.15) is 12.5 Å². The summed E-state index contributed by atoms with van der Waals surface area (Å²) in [5, 5.41) is 14.8. The third-order valence-electron chi connectivity index (χ3n) is 4.45. The molecule has 1 fully saturated rings. The van der Waals surface area contributed by atoms with E-state index in [4.69, 9.17) is 0 Å². The number of nitrogens with one attached hydrogen (secondary N) is 1. The van der Waals surface area contributed by atoms with Crippen LogP contribution < -0.4 is 5.43 Å². The van der Waals surface area contributed by atoms with Crippen molar-refractivity contribution in [3.8, 4) is 0 Å². The molecule has 0 radical (unpaired) electrons. The van der Waals surface area contributed by atoms with Crippen LogP contribution in [0.15, 0.2) is 46.5 Å². The highest BCUT2D eigenvalue weighted by molar-refractivity contribution is 6.22. The van der Waals surface area contributed by atoms with Gasteiger partial charge in [0.25, 0.3) is 11.6 Å². The van der Waals surface area contributed by atoms with E-state index in [-0.39, 0.29) is 11.6 Å². The summed E-state index contributed by atoms with van der Waals surface area (Å²) in [7, 11) is 2.98. The molecule has 3 amide bonds. The fourth-order valence-corrected chi connectivity index (χ4v) is 2.99. The second kappa shape index (κ2) is 7.62. The smallest absolute Gasteiger partial charge is 0.270 e. The Balaban J connectivity index is 1.87. The van der Waals surface area contributed by atoms with Crippen molar-refractivity contribution in [3.63, 3.8) is 0 Å². The number of hydrogen-bond donors (Lipinski definition) is 1. The van der Waals surface area contributed by atoms with Gasteiger partial charge in [0, 0.05) is 26.2 Å². The van der Waals surface area contributed by atoms with Gasteiger partial charge in [0.15, 0.2) is 0 Å². The summed E-state index contributed by atoms with van der Waals surface area (Å²) in [6, 6.07) is 4.66. The number of hydrogen-bond acceptors (Lipinski definition) is 7. The molecule has 1 N–H and O–H groups in total. The maximum absolute atomic E-state index is 12.7. The second-order valence-corrected chi connectivity index (χ2v) is 6.74. The van der Waals surface area contributed by atoms with E-state index in [9.17, 15) is 19.7 Å². The highest BCUT2D eigenvalue weighted by Gasteiger charge is 2.51. The monoisotopic (exact) mass is 398 g/mol. The zero-order valence-electron chi connectivity index (χ0n) is 16.2. The molecule has 1 unspecified atom stereocenters. The first-order valence-electron chi connectivity index (χ1n) is 8.66. The van der Waals surface area contributed by atoms with Gasteiger partial charge in [0.05, 0.1) is 17.7 Å². The van der Waals surface area contributed by atoms with E-state index in [1.54, 1.807) is 23.8 Å². The van der Waals surface area contributed by atoms with E-state index in [0.717, 1.165) is 10.5 Å². The van der Waals surface area contributed by atoms with Crippen molar-refractivity contribution in [2.24, 2.45) is 10.1 Å². The Labute approximate surface area is 166 Å². The first-order valence-corrected chi connectivity index (χ1v) is 8.66. The maximum Gasteiger partial charge on any atom is 0.414 e. The molecule has 11 nitrogen and oxygen atoms in total. The summed E-state index contributed by atoms with van der Waals surface area (Å²) in [6.45, 7) is 6.05. The summed E-state index contributed by atoms with van der Waals surface area (Å²) in [4.78, 5) is 41.9. The molecule has 0 spiro atoms. The quantitative estimate of drug-likeness (QED) is 0.258. The van der Waals surface area contributed by atoms with Crippen LogP contribution in [0, 0.1) is 10.1 Å². The van der Waals surface area contributed by atoms with Crippen molar-refractivity contribution in [2.75, 3.05) is 20.6 Å². The molecule has 2 aliphatic rings. The largest absolute Gasteiger partial charge is 0.414 e. The number of nitro benzene ring substituents is 1. The van der Waals surface area contributed by atoms with Crippen LogP contribution in [0.2, 0.25) is 0 Å². The minimum absolute atomic E-state index is 0.0151. The lowest BCUT2D eigenvalue weighted by Crippen LogP contribution is -2.61. The molecule has 0 aliphatic carbocycles. The highest BCUT2D eigenvalue weighted by Crippen LogP contribution is 2.19. The number of carbonyl (C=O) groups is 2. The third-order valence-corrected chi connectivity index (χ3v) is 4.45. The van der Waals surface area contributed by atoms with Crippen LogP contribution in [-0.2, 0) is 4.79 Å². The molecular weight excluding hydrogens is 378 g/mol. The van der Waals surface area contributed by atoms with Crippen molar-refractivity contribution in [1.82, 2.24) is 15.2 Å². The number of fused-ring (bicyclic) bond motifs is 1. The third kappa shape index (κ3) is 3.74. The summed E-state index contributed by atoms with van der Waals surface area (Å²) in [6.07, 6.45) is 1.47. The number of benzene rings is 1. The number of non-ortho nitro benzene ring substituents is 1. The van der Waals surface area contributed by atoms with Crippen LogP contribution in [0.4, 0.5) is 10.5 Å². The Hall–Kier alpha value is -3.89. The number of hydrazone groups is 1. The molecule has 11 heteroatoms. The molecule has 1 saturated heterocycles. The van der Waals surface area contributed by atoms with Gasteiger partial charge in [-0.25, -0.2) is 9.37 Å². The minimum Gasteiger partial charge on any atom is -0.270 e. The van der Waals surface area contributed by atoms with Crippen molar-refractivity contribution in [1.29, 1.82) is 0 Å². The van der Waals surface area contributed by atoms with Gasteiger partial charge in [0.2, 0.25) is 11.9 Å². The van der Waals surface area contributed by atoms with Crippen LogP contribution in [0.3, 0.4) is 0 Å². The normalized spacial score (nSPS) is 19.0. The summed E-state index contributed by atoms with van der Waals surface area (Å²) in [5.41, 5.74) is 4.22. The van der Waals surface area contributed by atoms with Crippen LogP contribution >= 0.6 is 0 Å². The van der Waals surface area contributed by atoms with Crippen molar-refractivity contribution < 1.29 is 19.1 Å². The molecule has 3 rings (SSSR count). The number of nitrogens with zero attached hydrogens (tertiary/aromatic N) is 6. The molecule has 150 valence electrons. The van der Waals surface area contributed by atoms with Gasteiger partial charge in [-0.2, -0.15) is 5.43 Å². The van der Waals surface area contributed by atoms with E-state index in [1.807, 2.05) is 6.92 Å². The predicted octanol–water partition coefficient (Wildman–Crippen LogP) is 0.767. The molecule has 0 saturated carbocycles. The lowest BCUT2D eigenvalue weighted by atomic mass is 10.1. The average molecular weight is 398 g/mol. The van der Waals surface area contributed by atoms with Gasteiger partial charge in [-0.15, -0.1) is 5.10 Å². The average Bonchev–Trinajstić information content (AvgIpc) is 3.03. The van der Waals surface area contributed by atoms with Crippen molar-refractivity contribution >= 4 is 35.6 Å². The molecule has 0 aromatic heterocycles. The number of aliphatic imine (C=N–C) groups is 1. The van der Waals surface area contributed by atoms with Crippen LogP contribution in [-0.4, -0.2) is 75.9 Å². The predicted molar refractivity (Wildman–Crippen MR) is 106 cm³/mol. The number of amides is 3. The molecule has 1 atom stereocenters. The van der Waals surface area contributed by atoms with Crippen LogP contribution in [0.5, 0.6) is 0 Å². The number of nitro groups is 1. The first kappa shape index (κ1) is 19.9. The van der Waals surface area contributed by atoms with E-state index < -0.39 is 17.0 Å². The summed E-state index contributed by atoms with van der Waals surface area (Å²) >= 11 is 0. The van der Waals surface area contributed by atoms with Crippen molar-refractivity contribution in [3.05, 3.63) is 52.1 Å². The zero-order chi connectivity index (χ0) is 21.3. The molecule has 2 heterocycles. The Morgan fingerprint density at radius 3 is 2.59 bits per heavy atom. The van der Waals surface area contributed by atoms with Gasteiger partial charge in [-0.3, -0.25) is 24.7 Å². The first-order chi connectivity index (χ1) is 13.7. The Morgan fingerprint density at radius 2 is 2.00 bits per heavy atom. The fourth-order valence-electron chi connectivity index (χ4n) is 2.99. The summed E-state index contributed by atoms with van der Waals surface area (Å²) < 4.78 is 1.69. The Bertz CT molecular complexity index is 994. The highest BCUT2D eigenvalue weighted by atomic mass is 16.6. The fraction of sp³-hybridized carbons (Fsp3) is 0.278. The summed E-state index contributed by atoms with van der Waals surface area (Å²) in [5.74, 6) is 0.228. The molecule has 1 aromatic rings. The number of urea groups is 1. The van der Waals surface area contributed by atoms with Gasteiger partial charge >= 0.3 is 12.0 Å². The zero-order valence-corrected chi connectivity index (χ0v) is 16.2. The second-order valence-electron chi connectivity index (χ2n) is 6.74. The molecule has 2 aliphatic heterocycles. The number of rotatable bonds is 5. The van der Waals surface area contributed by atoms with Gasteiger partial charge < -0.3 is 0 Å². The number of amidine groups is 1. The molecular formula is C18H20N7O4+. The lowest BCUT2D eigenvalue weighted by molar-refractivity contribution is -0.529. The number of carbonyl (C=O) groups excluding carboxylic acids is 2. The Morgan fingerprint density at radius 1 is 1.34 bits per heavy atom. The van der Waals surface area contributed by atoms with E-state index in [2.05, 4.69) is 22.1 Å². The van der Waals surface area contributed by atoms with Gasteiger partial charge in [0.1, 0.15) is 0 Å². The number of imide groups is 1. The van der Waals surface area contributed by atoms with Crippen LogP contribution in [0.25, 0.3) is 0 Å². The maximum atomic E-state index is 12.7.